The van der Waals surface area contributed by atoms with E-state index in [9.17, 15) is 0 Å². The summed E-state index contributed by atoms with van der Waals surface area (Å²) in [7, 11) is 0. The van der Waals surface area contributed by atoms with Crippen molar-refractivity contribution in [3.05, 3.63) is 59.7 Å². The highest BCUT2D eigenvalue weighted by Gasteiger charge is 2.16. The lowest BCUT2D eigenvalue weighted by Gasteiger charge is -2.26. The van der Waals surface area contributed by atoms with Gasteiger partial charge in [0.25, 0.3) is 0 Å². The summed E-state index contributed by atoms with van der Waals surface area (Å²) in [6, 6.07) is 16.5. The third-order valence-electron chi connectivity index (χ3n) is 4.37. The van der Waals surface area contributed by atoms with Gasteiger partial charge < -0.3 is 19.7 Å². The zero-order chi connectivity index (χ0) is 18.2. The van der Waals surface area contributed by atoms with Crippen LogP contribution in [0, 0.1) is 0 Å². The van der Waals surface area contributed by atoms with Gasteiger partial charge in [0, 0.05) is 19.6 Å². The molecule has 0 unspecified atom stereocenters. The normalized spacial score (nSPS) is 12.0. The van der Waals surface area contributed by atoms with Crippen LogP contribution in [-0.2, 0) is 13.1 Å². The van der Waals surface area contributed by atoms with E-state index < -0.39 is 0 Å². The van der Waals surface area contributed by atoms with Crippen LogP contribution in [0.3, 0.4) is 0 Å². The topological polar surface area (TPSA) is 33.7 Å². The molecule has 2 aromatic rings. The second-order valence-electron chi connectivity index (χ2n) is 6.47. The molecule has 1 N–H and O–H groups in total. The highest BCUT2D eigenvalue weighted by molar-refractivity contribution is 7.80. The first-order valence-electron chi connectivity index (χ1n) is 9.21. The second kappa shape index (κ2) is 9.43. The van der Waals surface area contributed by atoms with Crippen LogP contribution in [-0.4, -0.2) is 23.4 Å². The molecule has 0 atom stereocenters. The molecule has 0 saturated heterocycles. The number of nitrogens with one attached hydrogen (secondary N) is 1. The number of benzene rings is 2. The highest BCUT2D eigenvalue weighted by atomic mass is 32.1. The quantitative estimate of drug-likeness (QED) is 0.547. The summed E-state index contributed by atoms with van der Waals surface area (Å²) < 4.78 is 10.9. The Kier molecular flexibility index (Phi) is 6.72. The summed E-state index contributed by atoms with van der Waals surface area (Å²) in [6.07, 6.45) is 3.57. The number of nitrogens with zero attached hydrogens (tertiary/aromatic N) is 1. The zero-order valence-electron chi connectivity index (χ0n) is 15.2. The number of unbranched alkanes of at least 4 members (excludes halogenated alkanes) is 2. The molecule has 1 heterocycles. The predicted molar refractivity (Wildman–Crippen MR) is 108 cm³/mol. The smallest absolute Gasteiger partial charge is 0.231 e. The summed E-state index contributed by atoms with van der Waals surface area (Å²) in [5, 5.41) is 4.21. The summed E-state index contributed by atoms with van der Waals surface area (Å²) in [5.74, 6) is 1.62. The molecule has 0 saturated carbocycles. The standard InChI is InChI=1S/C21H26N2O2S/c1-2-3-7-12-22-21(26)23(14-17-8-5-4-6-9-17)15-18-10-11-19-20(13-18)25-16-24-19/h4-6,8-11,13H,2-3,7,12,14-16H2,1H3,(H,22,26). The van der Waals surface area contributed by atoms with E-state index in [2.05, 4.69) is 47.5 Å². The molecule has 5 heteroatoms. The lowest BCUT2D eigenvalue weighted by Crippen LogP contribution is -2.39. The molecular formula is C21H26N2O2S. The molecule has 0 spiro atoms. The fourth-order valence-electron chi connectivity index (χ4n) is 2.95. The Morgan fingerprint density at radius 2 is 1.77 bits per heavy atom. The minimum atomic E-state index is 0.296. The number of hydrogen-bond acceptors (Lipinski definition) is 3. The van der Waals surface area contributed by atoms with Gasteiger partial charge in [-0.3, -0.25) is 0 Å². The van der Waals surface area contributed by atoms with Crippen LogP contribution >= 0.6 is 12.2 Å². The maximum Gasteiger partial charge on any atom is 0.231 e. The third kappa shape index (κ3) is 5.11. The number of fused-ring (bicyclic) bond motifs is 1. The molecule has 1 aliphatic heterocycles. The average molecular weight is 371 g/mol. The first kappa shape index (κ1) is 18.5. The summed E-state index contributed by atoms with van der Waals surface area (Å²) in [6.45, 7) is 4.92. The van der Waals surface area contributed by atoms with Gasteiger partial charge in [-0.25, -0.2) is 0 Å². The van der Waals surface area contributed by atoms with Crippen LogP contribution in [0.2, 0.25) is 0 Å². The van der Waals surface area contributed by atoms with Crippen molar-refractivity contribution in [3.8, 4) is 11.5 Å². The van der Waals surface area contributed by atoms with Crippen molar-refractivity contribution in [2.75, 3.05) is 13.3 Å². The van der Waals surface area contributed by atoms with Gasteiger partial charge in [0.2, 0.25) is 6.79 Å². The van der Waals surface area contributed by atoms with Crippen molar-refractivity contribution in [1.82, 2.24) is 10.2 Å². The molecule has 2 aromatic carbocycles. The highest BCUT2D eigenvalue weighted by Crippen LogP contribution is 2.32. The molecular weight excluding hydrogens is 344 g/mol. The molecule has 0 bridgehead atoms. The molecule has 4 nitrogen and oxygen atoms in total. The van der Waals surface area contributed by atoms with Crippen LogP contribution in [0.15, 0.2) is 48.5 Å². The largest absolute Gasteiger partial charge is 0.454 e. The first-order valence-corrected chi connectivity index (χ1v) is 9.62. The van der Waals surface area contributed by atoms with E-state index in [1.807, 2.05) is 18.2 Å². The maximum atomic E-state index is 5.68. The molecule has 3 rings (SSSR count). The van der Waals surface area contributed by atoms with Crippen molar-refractivity contribution in [3.63, 3.8) is 0 Å². The van der Waals surface area contributed by atoms with E-state index in [0.29, 0.717) is 6.79 Å². The van der Waals surface area contributed by atoms with Gasteiger partial charge in [0.15, 0.2) is 16.6 Å². The molecule has 26 heavy (non-hydrogen) atoms. The van der Waals surface area contributed by atoms with E-state index >= 15 is 0 Å². The Morgan fingerprint density at radius 1 is 1.00 bits per heavy atom. The molecule has 0 aliphatic carbocycles. The monoisotopic (exact) mass is 370 g/mol. The molecule has 0 amide bonds. The van der Waals surface area contributed by atoms with E-state index in [1.165, 1.54) is 18.4 Å². The Balaban J connectivity index is 1.68. The average Bonchev–Trinajstić information content (AvgIpc) is 3.13. The molecule has 138 valence electrons. The van der Waals surface area contributed by atoms with Gasteiger partial charge in [-0.2, -0.15) is 0 Å². The van der Waals surface area contributed by atoms with Gasteiger partial charge in [-0.05, 0) is 41.9 Å². The van der Waals surface area contributed by atoms with Gasteiger partial charge in [-0.15, -0.1) is 0 Å². The summed E-state index contributed by atoms with van der Waals surface area (Å²) in [5.41, 5.74) is 2.40. The van der Waals surface area contributed by atoms with Crippen LogP contribution < -0.4 is 14.8 Å². The van der Waals surface area contributed by atoms with Crippen molar-refractivity contribution in [2.24, 2.45) is 0 Å². The zero-order valence-corrected chi connectivity index (χ0v) is 16.1. The molecule has 1 aliphatic rings. The predicted octanol–water partition coefficient (Wildman–Crippen LogP) is 4.48. The lowest BCUT2D eigenvalue weighted by molar-refractivity contribution is 0.174. The number of hydrogen-bond donors (Lipinski definition) is 1. The van der Waals surface area contributed by atoms with Gasteiger partial charge >= 0.3 is 0 Å². The Hall–Kier alpha value is -2.27. The van der Waals surface area contributed by atoms with Crippen molar-refractivity contribution >= 4 is 17.3 Å². The minimum absolute atomic E-state index is 0.296. The van der Waals surface area contributed by atoms with E-state index in [4.69, 9.17) is 21.7 Å². The van der Waals surface area contributed by atoms with E-state index in [-0.39, 0.29) is 0 Å². The Bertz CT molecular complexity index is 721. The molecule has 0 aromatic heterocycles. The Morgan fingerprint density at radius 3 is 2.58 bits per heavy atom. The number of ether oxygens (including phenoxy) is 2. The van der Waals surface area contributed by atoms with Gasteiger partial charge in [0.1, 0.15) is 0 Å². The minimum Gasteiger partial charge on any atom is -0.454 e. The first-order chi connectivity index (χ1) is 12.8. The molecule has 0 radical (unpaired) electrons. The number of thiocarbonyl (C=S) groups is 1. The fraction of sp³-hybridized carbons (Fsp3) is 0.381. The lowest BCUT2D eigenvalue weighted by atomic mass is 10.1. The van der Waals surface area contributed by atoms with Crippen LogP contribution in [0.1, 0.15) is 37.3 Å². The van der Waals surface area contributed by atoms with Crippen LogP contribution in [0.25, 0.3) is 0 Å². The summed E-state index contributed by atoms with van der Waals surface area (Å²) in [4.78, 5) is 2.20. The van der Waals surface area contributed by atoms with E-state index in [1.54, 1.807) is 0 Å². The van der Waals surface area contributed by atoms with Crippen LogP contribution in [0.5, 0.6) is 11.5 Å². The second-order valence-corrected chi connectivity index (χ2v) is 6.86. The van der Waals surface area contributed by atoms with Gasteiger partial charge in [-0.1, -0.05) is 56.2 Å². The van der Waals surface area contributed by atoms with Crippen molar-refractivity contribution in [2.45, 2.75) is 39.3 Å². The van der Waals surface area contributed by atoms with Gasteiger partial charge in [0.05, 0.1) is 0 Å². The Labute approximate surface area is 161 Å². The third-order valence-corrected chi connectivity index (χ3v) is 4.77. The van der Waals surface area contributed by atoms with Crippen LogP contribution in [0.4, 0.5) is 0 Å². The van der Waals surface area contributed by atoms with E-state index in [0.717, 1.165) is 48.2 Å². The fourth-order valence-corrected chi connectivity index (χ4v) is 3.18. The van der Waals surface area contributed by atoms with Crippen molar-refractivity contribution in [1.29, 1.82) is 0 Å². The maximum absolute atomic E-state index is 5.68. The summed E-state index contributed by atoms with van der Waals surface area (Å²) >= 11 is 5.68. The number of rotatable bonds is 8. The molecule has 0 fully saturated rings. The SMILES string of the molecule is CCCCCNC(=S)N(Cc1ccccc1)Cc1ccc2c(c1)OCO2. The van der Waals surface area contributed by atoms with Crippen molar-refractivity contribution < 1.29 is 9.47 Å².